The van der Waals surface area contributed by atoms with Crippen LogP contribution in [0.1, 0.15) is 22.3 Å². The van der Waals surface area contributed by atoms with Gasteiger partial charge in [-0.25, -0.2) is 18.8 Å². The van der Waals surface area contributed by atoms with Crippen LogP contribution in [-0.4, -0.2) is 38.4 Å². The van der Waals surface area contributed by atoms with Gasteiger partial charge in [-0.3, -0.25) is 4.79 Å². The molecule has 0 aliphatic heterocycles. The number of halogens is 3. The van der Waals surface area contributed by atoms with Crippen molar-refractivity contribution in [3.63, 3.8) is 0 Å². The van der Waals surface area contributed by atoms with Gasteiger partial charge < -0.3 is 4.74 Å². The van der Waals surface area contributed by atoms with E-state index >= 15 is 0 Å². The number of alkyl halides is 3. The van der Waals surface area contributed by atoms with Crippen LogP contribution >= 0.6 is 0 Å². The molecule has 0 saturated carbocycles. The number of benzene rings is 1. The molecule has 0 atom stereocenters. The number of sulfone groups is 1. The van der Waals surface area contributed by atoms with Crippen LogP contribution in [0.3, 0.4) is 0 Å². The Morgan fingerprint density at radius 1 is 1.24 bits per heavy atom. The molecule has 29 heavy (non-hydrogen) atoms. The van der Waals surface area contributed by atoms with Crippen LogP contribution in [0, 0.1) is 13.8 Å². The molecule has 0 spiro atoms. The van der Waals surface area contributed by atoms with E-state index in [1.165, 1.54) is 6.21 Å². The number of hydrazone groups is 1. The summed E-state index contributed by atoms with van der Waals surface area (Å²) in [6, 6.07) is 4.87. The molecule has 1 aromatic heterocycles. The van der Waals surface area contributed by atoms with Crippen molar-refractivity contribution in [3.8, 4) is 5.75 Å². The van der Waals surface area contributed by atoms with E-state index in [2.05, 4.69) is 15.5 Å². The highest BCUT2D eigenvalue weighted by molar-refractivity contribution is 7.92. The fraction of sp³-hybridized carbons (Fsp3) is 0.278. The molecule has 0 aliphatic carbocycles. The number of nitrogens with zero attached hydrogens (tertiary/aromatic N) is 2. The van der Waals surface area contributed by atoms with Gasteiger partial charge in [0.25, 0.3) is 5.91 Å². The first-order valence-electron chi connectivity index (χ1n) is 8.17. The number of pyridine rings is 1. The number of carbonyl (C=O) groups excluding carboxylic acids is 1. The average Bonchev–Trinajstić information content (AvgIpc) is 2.63. The Morgan fingerprint density at radius 2 is 1.93 bits per heavy atom. The zero-order chi connectivity index (χ0) is 21.8. The first kappa shape index (κ1) is 22.3. The van der Waals surface area contributed by atoms with Crippen LogP contribution in [0.4, 0.5) is 13.2 Å². The van der Waals surface area contributed by atoms with Crippen LogP contribution in [-0.2, 0) is 20.8 Å². The van der Waals surface area contributed by atoms with Crippen molar-refractivity contribution in [2.75, 3.05) is 12.9 Å². The number of amides is 1. The van der Waals surface area contributed by atoms with Crippen molar-refractivity contribution in [3.05, 3.63) is 52.7 Å². The predicted molar refractivity (Wildman–Crippen MR) is 99.5 cm³/mol. The van der Waals surface area contributed by atoms with Gasteiger partial charge in [0.15, 0.2) is 5.03 Å². The van der Waals surface area contributed by atoms with E-state index in [0.717, 1.165) is 11.1 Å². The highest BCUT2D eigenvalue weighted by atomic mass is 32.2. The van der Waals surface area contributed by atoms with E-state index in [1.54, 1.807) is 19.2 Å². The van der Waals surface area contributed by atoms with Gasteiger partial charge in [-0.2, -0.15) is 18.3 Å². The van der Waals surface area contributed by atoms with E-state index in [4.69, 9.17) is 4.74 Å². The summed E-state index contributed by atoms with van der Waals surface area (Å²) in [6.45, 7) is 3.64. The zero-order valence-electron chi connectivity index (χ0n) is 15.7. The maximum atomic E-state index is 12.5. The molecule has 0 unspecified atom stereocenters. The third-order valence-electron chi connectivity index (χ3n) is 3.88. The van der Waals surface area contributed by atoms with Gasteiger partial charge in [0.05, 0.1) is 18.9 Å². The molecule has 0 aliphatic rings. The minimum Gasteiger partial charge on any atom is -0.496 e. The lowest BCUT2D eigenvalue weighted by molar-refractivity contribution is -0.137. The second-order valence-corrected chi connectivity index (χ2v) is 8.05. The number of nitrogens with one attached hydrogen (secondary N) is 1. The van der Waals surface area contributed by atoms with Gasteiger partial charge in [0.2, 0.25) is 9.84 Å². The smallest absolute Gasteiger partial charge is 0.417 e. The Bertz CT molecular complexity index is 1030. The van der Waals surface area contributed by atoms with Crippen LogP contribution in [0.15, 0.2) is 40.6 Å². The summed E-state index contributed by atoms with van der Waals surface area (Å²) in [4.78, 5) is 15.2. The summed E-state index contributed by atoms with van der Waals surface area (Å²) in [6.07, 6.45) is -2.89. The second kappa shape index (κ2) is 8.60. The molecule has 7 nitrogen and oxygen atoms in total. The molecule has 0 fully saturated rings. The van der Waals surface area contributed by atoms with Crippen molar-refractivity contribution in [1.29, 1.82) is 0 Å². The molecule has 0 bridgehead atoms. The quantitative estimate of drug-likeness (QED) is 0.562. The first-order valence-corrected chi connectivity index (χ1v) is 9.82. The monoisotopic (exact) mass is 429 g/mol. The number of hydrogen-bond donors (Lipinski definition) is 1. The fourth-order valence-corrected chi connectivity index (χ4v) is 3.40. The summed E-state index contributed by atoms with van der Waals surface area (Å²) in [5.74, 6) is -1.27. The molecule has 0 radical (unpaired) electrons. The lowest BCUT2D eigenvalue weighted by atomic mass is 10.1. The van der Waals surface area contributed by atoms with E-state index in [0.29, 0.717) is 29.6 Å². The number of aromatic nitrogens is 1. The number of hydrogen-bond acceptors (Lipinski definition) is 6. The molecule has 2 rings (SSSR count). The van der Waals surface area contributed by atoms with Crippen LogP contribution in [0.2, 0.25) is 0 Å². The normalized spacial score (nSPS) is 12.2. The van der Waals surface area contributed by atoms with Crippen molar-refractivity contribution < 1.29 is 31.1 Å². The average molecular weight is 429 g/mol. The van der Waals surface area contributed by atoms with Gasteiger partial charge in [0, 0.05) is 6.20 Å². The van der Waals surface area contributed by atoms with E-state index in [1.807, 2.05) is 13.8 Å². The Labute approximate surface area is 165 Å². The van der Waals surface area contributed by atoms with Crippen LogP contribution < -0.4 is 10.2 Å². The SMILES string of the molecule is COc1cc(C)c(C=NNC(=O)CS(=O)(=O)c2ccc(C(F)(F)F)cn2)cc1C. The summed E-state index contributed by atoms with van der Waals surface area (Å²) >= 11 is 0. The topological polar surface area (TPSA) is 97.7 Å². The number of ether oxygens (including phenoxy) is 1. The summed E-state index contributed by atoms with van der Waals surface area (Å²) in [5, 5.41) is 3.09. The van der Waals surface area contributed by atoms with Crippen molar-refractivity contribution >= 4 is 22.0 Å². The Balaban J connectivity index is 2.05. The minimum atomic E-state index is -4.64. The third-order valence-corrected chi connectivity index (χ3v) is 5.40. The molecular weight excluding hydrogens is 411 g/mol. The molecule has 156 valence electrons. The molecule has 1 heterocycles. The summed E-state index contributed by atoms with van der Waals surface area (Å²) in [5.41, 5.74) is 3.36. The first-order chi connectivity index (χ1) is 13.4. The number of aryl methyl sites for hydroxylation is 2. The molecule has 2 aromatic rings. The lowest BCUT2D eigenvalue weighted by Gasteiger charge is -2.08. The van der Waals surface area contributed by atoms with E-state index in [-0.39, 0.29) is 0 Å². The van der Waals surface area contributed by atoms with Crippen LogP contribution in [0.5, 0.6) is 5.75 Å². The minimum absolute atomic E-state index is 0.401. The standard InChI is InChI=1S/C18H18F3N3O4S/c1-11-7-15(28-3)12(2)6-13(11)8-23-24-16(25)10-29(26,27)17-5-4-14(9-22-17)18(19,20)21/h4-9H,10H2,1-3H3,(H,24,25). The highest BCUT2D eigenvalue weighted by Gasteiger charge is 2.31. The highest BCUT2D eigenvalue weighted by Crippen LogP contribution is 2.28. The number of rotatable bonds is 6. The Kier molecular flexibility index (Phi) is 6.62. The largest absolute Gasteiger partial charge is 0.496 e. The molecule has 1 aromatic carbocycles. The predicted octanol–water partition coefficient (Wildman–Crippen LogP) is 2.65. The summed E-state index contributed by atoms with van der Waals surface area (Å²) < 4.78 is 67.0. The Morgan fingerprint density at radius 3 is 2.48 bits per heavy atom. The summed E-state index contributed by atoms with van der Waals surface area (Å²) in [7, 11) is -2.68. The maximum Gasteiger partial charge on any atom is 0.417 e. The second-order valence-electron chi connectivity index (χ2n) is 6.11. The van der Waals surface area contributed by atoms with Gasteiger partial charge in [-0.1, -0.05) is 0 Å². The third kappa shape index (κ3) is 5.76. The van der Waals surface area contributed by atoms with Gasteiger partial charge in [0.1, 0.15) is 11.5 Å². The Hall–Kier alpha value is -2.95. The van der Waals surface area contributed by atoms with Gasteiger partial charge >= 0.3 is 6.18 Å². The van der Waals surface area contributed by atoms with E-state index < -0.39 is 38.3 Å². The molecular formula is C18H18F3N3O4S. The van der Waals surface area contributed by atoms with Crippen LogP contribution in [0.25, 0.3) is 0 Å². The van der Waals surface area contributed by atoms with Gasteiger partial charge in [-0.05, 0) is 54.8 Å². The zero-order valence-corrected chi connectivity index (χ0v) is 16.6. The number of carbonyl (C=O) groups is 1. The van der Waals surface area contributed by atoms with Crippen molar-refractivity contribution in [2.24, 2.45) is 5.10 Å². The van der Waals surface area contributed by atoms with Gasteiger partial charge in [-0.15, -0.1) is 0 Å². The van der Waals surface area contributed by atoms with Crippen molar-refractivity contribution in [2.45, 2.75) is 25.0 Å². The maximum absolute atomic E-state index is 12.5. The molecule has 11 heteroatoms. The number of methoxy groups -OCH3 is 1. The molecule has 0 saturated heterocycles. The van der Waals surface area contributed by atoms with E-state index in [9.17, 15) is 26.4 Å². The fourth-order valence-electron chi connectivity index (χ4n) is 2.36. The lowest BCUT2D eigenvalue weighted by Crippen LogP contribution is -2.27. The molecule has 1 N–H and O–H groups in total. The van der Waals surface area contributed by atoms with Crippen molar-refractivity contribution in [1.82, 2.24) is 10.4 Å². The molecule has 1 amide bonds.